The molecule has 2 aromatic carbocycles. The molecule has 1 aliphatic rings. The van der Waals surface area contributed by atoms with E-state index in [2.05, 4.69) is 5.32 Å². The first-order chi connectivity index (χ1) is 18.7. The quantitative estimate of drug-likeness (QED) is 0.291. The second-order valence-electron chi connectivity index (χ2n) is 8.96. The van der Waals surface area contributed by atoms with Gasteiger partial charge in [0.2, 0.25) is 18.2 Å². The standard InChI is InChI=1S/C28H30F3N3O5/c1-39-16-14-33(19-36)25-23(13-12-20-7-3-2-4-8-20)34(27(25)38)24(11-6-15-35)26(37)32-18-21-9-5-10-22(17-21)28(29,30)31/h2-5,7-10,12-13,15,17,19,23-25H,6,11,14,16,18H2,1H3,(H,32,37)/b13-12+/t23-,24+,25+/m1/s1. The molecule has 0 unspecified atom stereocenters. The van der Waals surface area contributed by atoms with E-state index >= 15 is 0 Å². The van der Waals surface area contributed by atoms with Gasteiger partial charge < -0.3 is 24.6 Å². The predicted molar refractivity (Wildman–Crippen MR) is 137 cm³/mol. The molecule has 8 nitrogen and oxygen atoms in total. The van der Waals surface area contributed by atoms with Crippen LogP contribution in [-0.2, 0) is 36.6 Å². The van der Waals surface area contributed by atoms with Crippen molar-refractivity contribution in [3.63, 3.8) is 0 Å². The second-order valence-corrected chi connectivity index (χ2v) is 8.96. The lowest BCUT2D eigenvalue weighted by Gasteiger charge is -2.52. The van der Waals surface area contributed by atoms with E-state index in [4.69, 9.17) is 4.74 Å². The number of halogens is 3. The number of ether oxygens (including phenoxy) is 1. The van der Waals surface area contributed by atoms with Crippen LogP contribution >= 0.6 is 0 Å². The van der Waals surface area contributed by atoms with Crippen LogP contribution in [0, 0.1) is 0 Å². The number of carbonyl (C=O) groups excluding carboxylic acids is 4. The number of rotatable bonds is 14. The first-order valence-electron chi connectivity index (χ1n) is 12.3. The molecule has 1 saturated heterocycles. The Morgan fingerprint density at radius 1 is 1.15 bits per heavy atom. The third-order valence-corrected chi connectivity index (χ3v) is 6.40. The monoisotopic (exact) mass is 545 g/mol. The highest BCUT2D eigenvalue weighted by Gasteiger charge is 2.53. The molecule has 39 heavy (non-hydrogen) atoms. The summed E-state index contributed by atoms with van der Waals surface area (Å²) >= 11 is 0. The first kappa shape index (κ1) is 29.6. The number of methoxy groups -OCH3 is 1. The molecule has 0 radical (unpaired) electrons. The zero-order valence-corrected chi connectivity index (χ0v) is 21.3. The Balaban J connectivity index is 1.85. The van der Waals surface area contributed by atoms with Crippen LogP contribution in [0.15, 0.2) is 60.7 Å². The Morgan fingerprint density at radius 2 is 1.90 bits per heavy atom. The van der Waals surface area contributed by atoms with Crippen molar-refractivity contribution in [2.75, 3.05) is 20.3 Å². The summed E-state index contributed by atoms with van der Waals surface area (Å²) in [6.07, 6.45) is 0.122. The largest absolute Gasteiger partial charge is 0.416 e. The van der Waals surface area contributed by atoms with Gasteiger partial charge in [0, 0.05) is 26.6 Å². The number of amides is 3. The van der Waals surface area contributed by atoms with Crippen LogP contribution in [0.25, 0.3) is 6.08 Å². The molecule has 11 heteroatoms. The maximum Gasteiger partial charge on any atom is 0.416 e. The number of hydrogen-bond acceptors (Lipinski definition) is 5. The average molecular weight is 546 g/mol. The van der Waals surface area contributed by atoms with Crippen molar-refractivity contribution >= 4 is 30.6 Å². The van der Waals surface area contributed by atoms with Crippen LogP contribution in [0.1, 0.15) is 29.5 Å². The SMILES string of the molecule is COCCN(C=O)[C@@H]1C(=O)N([C@@H](CCC=O)C(=O)NCc2cccc(C(F)(F)F)c2)[C@@H]1/C=C/c1ccccc1. The number of β-lactam (4-membered cyclic amide) rings is 1. The van der Waals surface area contributed by atoms with Gasteiger partial charge in [0.15, 0.2) is 0 Å². The van der Waals surface area contributed by atoms with Crippen LogP contribution in [-0.4, -0.2) is 72.7 Å². The molecule has 0 saturated carbocycles. The number of hydrogen-bond donors (Lipinski definition) is 1. The van der Waals surface area contributed by atoms with Gasteiger partial charge >= 0.3 is 6.18 Å². The Kier molecular flexibility index (Phi) is 10.4. The van der Waals surface area contributed by atoms with Crippen molar-refractivity contribution in [1.29, 1.82) is 0 Å². The number of nitrogens with one attached hydrogen (secondary N) is 1. The molecule has 0 bridgehead atoms. The van der Waals surface area contributed by atoms with Gasteiger partial charge in [-0.05, 0) is 29.7 Å². The summed E-state index contributed by atoms with van der Waals surface area (Å²) in [7, 11) is 1.47. The fourth-order valence-electron chi connectivity index (χ4n) is 4.43. The molecule has 0 aliphatic carbocycles. The third kappa shape index (κ3) is 7.53. The molecule has 3 atom stereocenters. The normalized spacial score (nSPS) is 17.9. The van der Waals surface area contributed by atoms with E-state index in [0.29, 0.717) is 12.7 Å². The minimum absolute atomic E-state index is 0.00518. The van der Waals surface area contributed by atoms with E-state index in [1.165, 1.54) is 29.0 Å². The molecule has 208 valence electrons. The predicted octanol–water partition coefficient (Wildman–Crippen LogP) is 3.07. The number of aldehydes is 1. The molecular weight excluding hydrogens is 515 g/mol. The maximum absolute atomic E-state index is 13.3. The van der Waals surface area contributed by atoms with Crippen LogP contribution in [0.4, 0.5) is 13.2 Å². The van der Waals surface area contributed by atoms with Crippen molar-refractivity contribution in [2.45, 2.75) is 43.7 Å². The molecule has 0 aromatic heterocycles. The van der Waals surface area contributed by atoms with Crippen molar-refractivity contribution in [3.8, 4) is 0 Å². The minimum Gasteiger partial charge on any atom is -0.383 e. The third-order valence-electron chi connectivity index (χ3n) is 6.40. The summed E-state index contributed by atoms with van der Waals surface area (Å²) in [5.74, 6) is -1.10. The number of benzene rings is 2. The number of likely N-dealkylation sites (tertiary alicyclic amines) is 1. The Labute approximate surface area is 224 Å². The van der Waals surface area contributed by atoms with Crippen molar-refractivity contribution < 1.29 is 37.1 Å². The smallest absolute Gasteiger partial charge is 0.383 e. The summed E-state index contributed by atoms with van der Waals surface area (Å²) in [4.78, 5) is 52.2. The average Bonchev–Trinajstić information content (AvgIpc) is 2.93. The van der Waals surface area contributed by atoms with Crippen LogP contribution in [0.3, 0.4) is 0 Å². The van der Waals surface area contributed by atoms with Gasteiger partial charge in [-0.25, -0.2) is 0 Å². The van der Waals surface area contributed by atoms with E-state index in [-0.39, 0.29) is 38.1 Å². The summed E-state index contributed by atoms with van der Waals surface area (Å²) in [6, 6.07) is 11.2. The van der Waals surface area contributed by atoms with E-state index in [0.717, 1.165) is 17.7 Å². The van der Waals surface area contributed by atoms with Crippen molar-refractivity contribution in [1.82, 2.24) is 15.1 Å². The zero-order valence-electron chi connectivity index (χ0n) is 21.3. The number of nitrogens with zero attached hydrogens (tertiary/aromatic N) is 2. The van der Waals surface area contributed by atoms with Gasteiger partial charge in [-0.15, -0.1) is 0 Å². The second kappa shape index (κ2) is 13.7. The Hall–Kier alpha value is -3.99. The lowest BCUT2D eigenvalue weighted by molar-refractivity contribution is -0.166. The van der Waals surface area contributed by atoms with Gasteiger partial charge in [-0.2, -0.15) is 13.2 Å². The molecular formula is C28H30F3N3O5. The van der Waals surface area contributed by atoms with E-state index < -0.39 is 41.7 Å². The lowest BCUT2D eigenvalue weighted by Crippen LogP contribution is -2.74. The number of carbonyl (C=O) groups is 4. The molecule has 1 fully saturated rings. The zero-order chi connectivity index (χ0) is 28.4. The summed E-state index contributed by atoms with van der Waals surface area (Å²) < 4.78 is 44.3. The fraction of sp³-hybridized carbons (Fsp3) is 0.357. The molecule has 0 spiro atoms. The summed E-state index contributed by atoms with van der Waals surface area (Å²) in [5.41, 5.74) is 0.222. The maximum atomic E-state index is 13.3. The van der Waals surface area contributed by atoms with Crippen LogP contribution in [0.2, 0.25) is 0 Å². The lowest BCUT2D eigenvalue weighted by atomic mass is 9.88. The molecule has 1 N–H and O–H groups in total. The fourth-order valence-corrected chi connectivity index (χ4v) is 4.43. The highest BCUT2D eigenvalue weighted by molar-refractivity contribution is 5.97. The van der Waals surface area contributed by atoms with Gasteiger partial charge in [0.1, 0.15) is 18.4 Å². The highest BCUT2D eigenvalue weighted by Crippen LogP contribution is 2.31. The molecule has 2 aromatic rings. The van der Waals surface area contributed by atoms with Crippen molar-refractivity contribution in [3.05, 3.63) is 77.4 Å². The molecule has 1 heterocycles. The van der Waals surface area contributed by atoms with Gasteiger partial charge in [-0.1, -0.05) is 54.6 Å². The first-order valence-corrected chi connectivity index (χ1v) is 12.3. The van der Waals surface area contributed by atoms with E-state index in [1.807, 2.05) is 30.3 Å². The molecule has 3 rings (SSSR count). The van der Waals surface area contributed by atoms with E-state index in [9.17, 15) is 32.3 Å². The Morgan fingerprint density at radius 3 is 2.54 bits per heavy atom. The summed E-state index contributed by atoms with van der Waals surface area (Å²) in [6.45, 7) is 0.148. The van der Waals surface area contributed by atoms with Crippen molar-refractivity contribution in [2.24, 2.45) is 0 Å². The van der Waals surface area contributed by atoms with Crippen LogP contribution < -0.4 is 5.32 Å². The Bertz CT molecular complexity index is 1170. The molecule has 1 aliphatic heterocycles. The number of alkyl halides is 3. The molecule has 3 amide bonds. The minimum atomic E-state index is -4.53. The van der Waals surface area contributed by atoms with Gasteiger partial charge in [0.05, 0.1) is 18.2 Å². The van der Waals surface area contributed by atoms with E-state index in [1.54, 1.807) is 12.2 Å². The van der Waals surface area contributed by atoms with Gasteiger partial charge in [0.25, 0.3) is 0 Å². The van der Waals surface area contributed by atoms with Gasteiger partial charge in [-0.3, -0.25) is 14.4 Å². The highest BCUT2D eigenvalue weighted by atomic mass is 19.4. The van der Waals surface area contributed by atoms with Crippen LogP contribution in [0.5, 0.6) is 0 Å². The topological polar surface area (TPSA) is 96.0 Å². The summed E-state index contributed by atoms with van der Waals surface area (Å²) in [5, 5.41) is 2.60.